The van der Waals surface area contributed by atoms with Crippen LogP contribution in [-0.4, -0.2) is 35.6 Å². The van der Waals surface area contributed by atoms with Gasteiger partial charge in [-0.05, 0) is 68.3 Å². The Hall–Kier alpha value is -4.80. The second-order valence-electron chi connectivity index (χ2n) is 9.94. The summed E-state index contributed by atoms with van der Waals surface area (Å²) in [5.74, 6) is -1.68. The standard InChI is InChI=1S/C33H28ClN3O6S/c1-4-42-32(41)28-20(3)35-33-37(29(28)24-7-5-6-8-25(24)34)30(39)26(44-33)17-21-11-13-22(14-12-21)31(40)43-18-27(38)36-23-15-9-19(2)10-16-23/h5-17,29H,4,18H2,1-3H3,(H,36,38)/b26-17+/t29-/m1/s1. The van der Waals surface area contributed by atoms with Gasteiger partial charge in [-0.2, -0.15) is 0 Å². The molecule has 0 bridgehead atoms. The van der Waals surface area contributed by atoms with E-state index in [9.17, 15) is 19.2 Å². The maximum absolute atomic E-state index is 13.8. The number of hydrogen-bond acceptors (Lipinski definition) is 8. The summed E-state index contributed by atoms with van der Waals surface area (Å²) in [5, 5.41) is 3.08. The summed E-state index contributed by atoms with van der Waals surface area (Å²) in [6, 6.07) is 19.9. The zero-order chi connectivity index (χ0) is 31.4. The number of carbonyl (C=O) groups is 3. The van der Waals surface area contributed by atoms with Crippen molar-refractivity contribution in [2.24, 2.45) is 4.99 Å². The molecule has 1 aliphatic rings. The molecule has 0 unspecified atom stereocenters. The molecule has 1 N–H and O–H groups in total. The Balaban J connectivity index is 1.38. The Morgan fingerprint density at radius 1 is 0.977 bits per heavy atom. The number of esters is 2. The molecular weight excluding hydrogens is 602 g/mol. The van der Waals surface area contributed by atoms with Gasteiger partial charge < -0.3 is 14.8 Å². The van der Waals surface area contributed by atoms with Crippen molar-refractivity contribution in [1.82, 2.24) is 4.57 Å². The van der Waals surface area contributed by atoms with Crippen LogP contribution < -0.4 is 20.2 Å². The lowest BCUT2D eigenvalue weighted by atomic mass is 9.96. The van der Waals surface area contributed by atoms with E-state index in [-0.39, 0.29) is 23.3 Å². The zero-order valence-electron chi connectivity index (χ0n) is 24.1. The predicted octanol–water partition coefficient (Wildman–Crippen LogP) is 4.56. The molecule has 0 aliphatic carbocycles. The summed E-state index contributed by atoms with van der Waals surface area (Å²) < 4.78 is 12.3. The summed E-state index contributed by atoms with van der Waals surface area (Å²) in [5.41, 5.74) is 3.48. The minimum Gasteiger partial charge on any atom is -0.463 e. The molecule has 0 radical (unpaired) electrons. The first-order chi connectivity index (χ1) is 21.2. The molecule has 11 heteroatoms. The van der Waals surface area contributed by atoms with Crippen molar-refractivity contribution < 1.29 is 23.9 Å². The lowest BCUT2D eigenvalue weighted by Crippen LogP contribution is -2.40. The molecule has 0 spiro atoms. The van der Waals surface area contributed by atoms with Gasteiger partial charge in [0.05, 0.1) is 28.0 Å². The fourth-order valence-corrected chi connectivity index (χ4v) is 5.98. The van der Waals surface area contributed by atoms with Gasteiger partial charge >= 0.3 is 11.9 Å². The molecule has 9 nitrogen and oxygen atoms in total. The second-order valence-corrected chi connectivity index (χ2v) is 11.4. The van der Waals surface area contributed by atoms with E-state index in [0.717, 1.165) is 5.56 Å². The number of hydrogen-bond donors (Lipinski definition) is 1. The molecule has 0 saturated carbocycles. The number of amides is 1. The average molecular weight is 630 g/mol. The predicted molar refractivity (Wildman–Crippen MR) is 168 cm³/mol. The van der Waals surface area contributed by atoms with Gasteiger partial charge in [0, 0.05) is 10.7 Å². The molecule has 0 fully saturated rings. The van der Waals surface area contributed by atoms with Crippen LogP contribution in [0.25, 0.3) is 6.08 Å². The van der Waals surface area contributed by atoms with Gasteiger partial charge in [-0.3, -0.25) is 14.2 Å². The van der Waals surface area contributed by atoms with Crippen LogP contribution >= 0.6 is 22.9 Å². The molecule has 2 heterocycles. The van der Waals surface area contributed by atoms with Gasteiger partial charge in [-0.25, -0.2) is 14.6 Å². The highest BCUT2D eigenvalue weighted by Gasteiger charge is 2.34. The smallest absolute Gasteiger partial charge is 0.338 e. The molecule has 224 valence electrons. The quantitative estimate of drug-likeness (QED) is 0.286. The van der Waals surface area contributed by atoms with Crippen LogP contribution in [0, 0.1) is 6.92 Å². The van der Waals surface area contributed by atoms with Crippen molar-refractivity contribution in [1.29, 1.82) is 0 Å². The molecule has 1 aliphatic heterocycles. The third-order valence-electron chi connectivity index (χ3n) is 6.83. The highest BCUT2D eigenvalue weighted by atomic mass is 35.5. The van der Waals surface area contributed by atoms with E-state index in [4.69, 9.17) is 21.1 Å². The van der Waals surface area contributed by atoms with E-state index < -0.39 is 30.5 Å². The van der Waals surface area contributed by atoms with Crippen LogP contribution in [0.5, 0.6) is 0 Å². The van der Waals surface area contributed by atoms with Crippen LogP contribution in [0.1, 0.15) is 46.9 Å². The number of thiazole rings is 1. The molecular formula is C33H28ClN3O6S. The number of anilines is 1. The maximum Gasteiger partial charge on any atom is 0.338 e. The first-order valence-corrected chi connectivity index (χ1v) is 14.9. The Bertz CT molecular complexity index is 1960. The first kappa shape index (κ1) is 30.7. The largest absolute Gasteiger partial charge is 0.463 e. The molecule has 1 atom stereocenters. The number of aryl methyl sites for hydroxylation is 1. The van der Waals surface area contributed by atoms with Crippen molar-refractivity contribution in [3.8, 4) is 0 Å². The normalized spacial score (nSPS) is 14.5. The van der Waals surface area contributed by atoms with Crippen LogP contribution in [-0.2, 0) is 19.1 Å². The molecule has 1 aromatic heterocycles. The third-order valence-corrected chi connectivity index (χ3v) is 8.16. The van der Waals surface area contributed by atoms with Crippen molar-refractivity contribution in [3.05, 3.63) is 131 Å². The lowest BCUT2D eigenvalue weighted by molar-refractivity contribution is -0.139. The second kappa shape index (κ2) is 13.2. The van der Waals surface area contributed by atoms with Crippen molar-refractivity contribution >= 4 is 52.5 Å². The van der Waals surface area contributed by atoms with E-state index in [1.165, 1.54) is 15.9 Å². The summed E-state index contributed by atoms with van der Waals surface area (Å²) >= 11 is 7.72. The van der Waals surface area contributed by atoms with Crippen LogP contribution in [0.2, 0.25) is 5.02 Å². The SMILES string of the molecule is CCOC(=O)C1=C(C)N=c2s/c(=C/c3ccc(C(=O)OCC(=O)Nc4ccc(C)cc4)cc3)c(=O)n2[C@@H]1c1ccccc1Cl. The van der Waals surface area contributed by atoms with Crippen molar-refractivity contribution in [2.45, 2.75) is 26.8 Å². The minimum absolute atomic E-state index is 0.166. The molecule has 0 saturated heterocycles. The van der Waals surface area contributed by atoms with E-state index >= 15 is 0 Å². The van der Waals surface area contributed by atoms with Crippen LogP contribution in [0.4, 0.5) is 5.69 Å². The van der Waals surface area contributed by atoms with Gasteiger partial charge in [0.1, 0.15) is 6.04 Å². The van der Waals surface area contributed by atoms with Crippen LogP contribution in [0.15, 0.2) is 93.9 Å². The zero-order valence-corrected chi connectivity index (χ0v) is 25.7. The number of fused-ring (bicyclic) bond motifs is 1. The lowest BCUT2D eigenvalue weighted by Gasteiger charge is -2.25. The summed E-state index contributed by atoms with van der Waals surface area (Å²) in [6.45, 7) is 5.09. The fourth-order valence-electron chi connectivity index (χ4n) is 4.70. The Labute approximate surface area is 261 Å². The van der Waals surface area contributed by atoms with E-state index in [1.54, 1.807) is 80.6 Å². The van der Waals surface area contributed by atoms with E-state index in [2.05, 4.69) is 10.3 Å². The van der Waals surface area contributed by atoms with Gasteiger partial charge in [0.25, 0.3) is 11.5 Å². The third kappa shape index (κ3) is 6.56. The van der Waals surface area contributed by atoms with Gasteiger partial charge in [-0.15, -0.1) is 0 Å². The number of carbonyl (C=O) groups excluding carboxylic acids is 3. The maximum atomic E-state index is 13.8. The molecule has 5 rings (SSSR count). The Morgan fingerprint density at radius 3 is 2.36 bits per heavy atom. The molecule has 44 heavy (non-hydrogen) atoms. The topological polar surface area (TPSA) is 116 Å². The number of benzene rings is 3. The van der Waals surface area contributed by atoms with Crippen molar-refractivity contribution in [3.63, 3.8) is 0 Å². The van der Waals surface area contributed by atoms with Gasteiger partial charge in [0.2, 0.25) is 0 Å². The number of nitrogens with one attached hydrogen (secondary N) is 1. The highest BCUT2D eigenvalue weighted by Crippen LogP contribution is 2.34. The van der Waals surface area contributed by atoms with E-state index in [1.807, 2.05) is 19.1 Å². The van der Waals surface area contributed by atoms with Crippen molar-refractivity contribution in [2.75, 3.05) is 18.5 Å². The summed E-state index contributed by atoms with van der Waals surface area (Å²) in [4.78, 5) is 56.5. The van der Waals surface area contributed by atoms with Gasteiger partial charge in [-0.1, -0.05) is 71.0 Å². The molecule has 3 aromatic carbocycles. The number of halogens is 1. The number of allylic oxidation sites excluding steroid dienone is 1. The Kier molecular flexibility index (Phi) is 9.22. The number of ether oxygens (including phenoxy) is 2. The number of aromatic nitrogens is 1. The summed E-state index contributed by atoms with van der Waals surface area (Å²) in [6.07, 6.45) is 1.68. The number of rotatable bonds is 8. The first-order valence-electron chi connectivity index (χ1n) is 13.7. The minimum atomic E-state index is -0.818. The fraction of sp³-hybridized carbons (Fsp3) is 0.182. The number of nitrogens with zero attached hydrogens (tertiary/aromatic N) is 2. The highest BCUT2D eigenvalue weighted by molar-refractivity contribution is 7.07. The molecule has 4 aromatic rings. The average Bonchev–Trinajstić information content (AvgIpc) is 3.31. The van der Waals surface area contributed by atoms with E-state index in [0.29, 0.717) is 36.9 Å². The molecule has 1 amide bonds. The Morgan fingerprint density at radius 2 is 1.68 bits per heavy atom. The summed E-state index contributed by atoms with van der Waals surface area (Å²) in [7, 11) is 0. The van der Waals surface area contributed by atoms with Crippen LogP contribution in [0.3, 0.4) is 0 Å². The monoisotopic (exact) mass is 629 g/mol. The van der Waals surface area contributed by atoms with Gasteiger partial charge in [0.15, 0.2) is 11.4 Å².